The van der Waals surface area contributed by atoms with Gasteiger partial charge >= 0.3 is 11.9 Å². The van der Waals surface area contributed by atoms with Crippen LogP contribution in [0.5, 0.6) is 0 Å². The quantitative estimate of drug-likeness (QED) is 0.399. The van der Waals surface area contributed by atoms with Crippen molar-refractivity contribution in [3.05, 3.63) is 39.9 Å². The number of non-ortho nitro benzene ring substituents is 1. The molecule has 0 aliphatic heterocycles. The molecule has 2 atom stereocenters. The Kier molecular flexibility index (Phi) is 8.11. The first-order valence-corrected chi connectivity index (χ1v) is 9.56. The Hall–Kier alpha value is -2.97. The minimum Gasteiger partial charge on any atom is -0.469 e. The highest BCUT2D eigenvalue weighted by Crippen LogP contribution is 2.29. The van der Waals surface area contributed by atoms with Crippen molar-refractivity contribution >= 4 is 23.5 Å². The number of esters is 2. The molecule has 0 radical (unpaired) electrons. The van der Waals surface area contributed by atoms with Crippen molar-refractivity contribution in [2.45, 2.75) is 50.5 Å². The molecular weight excluding hydrogens is 380 g/mol. The molecule has 9 nitrogen and oxygen atoms in total. The van der Waals surface area contributed by atoms with Gasteiger partial charge in [0, 0.05) is 24.0 Å². The molecule has 0 spiro atoms. The van der Waals surface area contributed by atoms with Crippen molar-refractivity contribution < 1.29 is 28.8 Å². The fourth-order valence-electron chi connectivity index (χ4n) is 3.62. The van der Waals surface area contributed by atoms with E-state index in [0.29, 0.717) is 5.56 Å². The summed E-state index contributed by atoms with van der Waals surface area (Å²) in [5, 5.41) is 13.7. The van der Waals surface area contributed by atoms with Gasteiger partial charge < -0.3 is 14.8 Å². The van der Waals surface area contributed by atoms with E-state index in [1.165, 1.54) is 38.5 Å². The summed E-state index contributed by atoms with van der Waals surface area (Å²) in [4.78, 5) is 47.6. The van der Waals surface area contributed by atoms with Crippen LogP contribution in [-0.4, -0.2) is 43.0 Å². The molecule has 1 N–H and O–H groups in total. The van der Waals surface area contributed by atoms with E-state index in [1.807, 2.05) is 0 Å². The van der Waals surface area contributed by atoms with Crippen molar-refractivity contribution in [2.24, 2.45) is 5.92 Å². The molecule has 0 aromatic heterocycles. The van der Waals surface area contributed by atoms with E-state index < -0.39 is 28.8 Å². The predicted octanol–water partition coefficient (Wildman–Crippen LogP) is 2.48. The normalized spacial score (nSPS) is 16.3. The molecule has 1 aliphatic rings. The molecule has 1 saturated carbocycles. The number of carbonyl (C=O) groups is 3. The van der Waals surface area contributed by atoms with Crippen LogP contribution in [0.4, 0.5) is 5.69 Å². The summed E-state index contributed by atoms with van der Waals surface area (Å²) < 4.78 is 9.60. The van der Waals surface area contributed by atoms with Crippen LogP contribution in [0.3, 0.4) is 0 Å². The summed E-state index contributed by atoms with van der Waals surface area (Å²) >= 11 is 0. The summed E-state index contributed by atoms with van der Waals surface area (Å²) in [6, 6.07) is 4.39. The average Bonchev–Trinajstić information content (AvgIpc) is 2.75. The zero-order valence-corrected chi connectivity index (χ0v) is 16.6. The van der Waals surface area contributed by atoms with Crippen molar-refractivity contribution in [3.63, 3.8) is 0 Å². The molecule has 0 bridgehead atoms. The monoisotopic (exact) mass is 406 g/mol. The largest absolute Gasteiger partial charge is 0.469 e. The van der Waals surface area contributed by atoms with E-state index in [0.717, 1.165) is 32.1 Å². The lowest BCUT2D eigenvalue weighted by Crippen LogP contribution is -2.48. The molecular formula is C20H26N2O7. The van der Waals surface area contributed by atoms with E-state index in [4.69, 9.17) is 9.47 Å². The summed E-state index contributed by atoms with van der Waals surface area (Å²) in [5.74, 6) is -2.50. The molecule has 2 rings (SSSR count). The van der Waals surface area contributed by atoms with Crippen LogP contribution < -0.4 is 5.32 Å². The smallest absolute Gasteiger partial charge is 0.329 e. The van der Waals surface area contributed by atoms with Crippen molar-refractivity contribution in [1.82, 2.24) is 5.32 Å². The number of amides is 1. The van der Waals surface area contributed by atoms with Gasteiger partial charge in [0.05, 0.1) is 25.6 Å². The molecule has 9 heteroatoms. The summed E-state index contributed by atoms with van der Waals surface area (Å²) in [6.07, 6.45) is 4.29. The van der Waals surface area contributed by atoms with Crippen LogP contribution in [0, 0.1) is 16.0 Å². The fourth-order valence-corrected chi connectivity index (χ4v) is 3.62. The highest BCUT2D eigenvalue weighted by atomic mass is 16.6. The number of nitro benzene ring substituents is 1. The summed E-state index contributed by atoms with van der Waals surface area (Å²) in [6.45, 7) is 0. The molecule has 158 valence electrons. The zero-order valence-electron chi connectivity index (χ0n) is 16.6. The van der Waals surface area contributed by atoms with Crippen LogP contribution in [0.25, 0.3) is 0 Å². The minimum atomic E-state index is -1.12. The van der Waals surface area contributed by atoms with E-state index in [9.17, 15) is 24.5 Å². The minimum absolute atomic E-state index is 0.119. The van der Waals surface area contributed by atoms with E-state index in [-0.39, 0.29) is 23.9 Å². The Labute approximate surface area is 168 Å². The van der Waals surface area contributed by atoms with E-state index in [2.05, 4.69) is 5.32 Å². The number of nitro groups is 1. The number of benzene rings is 1. The number of hydrogen-bond donors (Lipinski definition) is 1. The van der Waals surface area contributed by atoms with Crippen molar-refractivity contribution in [1.29, 1.82) is 0 Å². The van der Waals surface area contributed by atoms with Gasteiger partial charge in [-0.3, -0.25) is 19.7 Å². The molecule has 1 aromatic rings. The van der Waals surface area contributed by atoms with Gasteiger partial charge in [0.2, 0.25) is 5.91 Å². The number of hydrogen-bond acceptors (Lipinski definition) is 7. The standard InChI is InChI=1S/C20H26N2O7/c1-28-17(23)12-16(13-8-10-15(11-9-13)22(26)27)18(20(25)29-2)21-19(24)14-6-4-3-5-7-14/h8-11,14,16,18H,3-7,12H2,1-2H3,(H,21,24)/t16-,18-/m0/s1. The Morgan fingerprint density at radius 3 is 2.24 bits per heavy atom. The van der Waals surface area contributed by atoms with Crippen LogP contribution in [0.1, 0.15) is 50.0 Å². The predicted molar refractivity (Wildman–Crippen MR) is 103 cm³/mol. The van der Waals surface area contributed by atoms with Crippen LogP contribution >= 0.6 is 0 Å². The van der Waals surface area contributed by atoms with Gasteiger partial charge in [-0.2, -0.15) is 0 Å². The Bertz CT molecular complexity index is 742. The average molecular weight is 406 g/mol. The maximum absolute atomic E-state index is 12.7. The second kappa shape index (κ2) is 10.5. The first kappa shape index (κ1) is 22.3. The number of carbonyl (C=O) groups excluding carboxylic acids is 3. The van der Waals surface area contributed by atoms with Gasteiger partial charge in [-0.15, -0.1) is 0 Å². The van der Waals surface area contributed by atoms with Gasteiger partial charge in [-0.25, -0.2) is 4.79 Å². The number of nitrogens with one attached hydrogen (secondary N) is 1. The van der Waals surface area contributed by atoms with Gasteiger partial charge in [0.15, 0.2) is 0 Å². The maximum atomic E-state index is 12.7. The topological polar surface area (TPSA) is 125 Å². The first-order valence-electron chi connectivity index (χ1n) is 9.56. The van der Waals surface area contributed by atoms with Crippen LogP contribution in [0.15, 0.2) is 24.3 Å². The molecule has 29 heavy (non-hydrogen) atoms. The van der Waals surface area contributed by atoms with Crippen LogP contribution in [-0.2, 0) is 23.9 Å². The molecule has 0 saturated heterocycles. The van der Waals surface area contributed by atoms with E-state index in [1.54, 1.807) is 0 Å². The Balaban J connectivity index is 2.32. The fraction of sp³-hybridized carbons (Fsp3) is 0.550. The lowest BCUT2D eigenvalue weighted by molar-refractivity contribution is -0.384. The molecule has 1 aliphatic carbocycles. The highest BCUT2D eigenvalue weighted by molar-refractivity contribution is 5.87. The van der Waals surface area contributed by atoms with Gasteiger partial charge in [0.25, 0.3) is 5.69 Å². The van der Waals surface area contributed by atoms with Gasteiger partial charge in [-0.05, 0) is 18.4 Å². The van der Waals surface area contributed by atoms with Gasteiger partial charge in [0.1, 0.15) is 6.04 Å². The Morgan fingerprint density at radius 1 is 1.10 bits per heavy atom. The van der Waals surface area contributed by atoms with Gasteiger partial charge in [-0.1, -0.05) is 31.4 Å². The third-order valence-corrected chi connectivity index (χ3v) is 5.28. The Morgan fingerprint density at radius 2 is 1.72 bits per heavy atom. The lowest BCUT2D eigenvalue weighted by atomic mass is 9.85. The van der Waals surface area contributed by atoms with Crippen molar-refractivity contribution in [3.8, 4) is 0 Å². The molecule has 1 amide bonds. The van der Waals surface area contributed by atoms with Crippen molar-refractivity contribution in [2.75, 3.05) is 14.2 Å². The van der Waals surface area contributed by atoms with Crippen LogP contribution in [0.2, 0.25) is 0 Å². The lowest BCUT2D eigenvalue weighted by Gasteiger charge is -2.28. The summed E-state index contributed by atoms with van der Waals surface area (Å²) in [5.41, 5.74) is 0.367. The molecule has 0 heterocycles. The SMILES string of the molecule is COC(=O)C[C@@H](c1ccc([N+](=O)[O-])cc1)[C@H](NC(=O)C1CCCCC1)C(=O)OC. The van der Waals surface area contributed by atoms with E-state index >= 15 is 0 Å². The number of rotatable bonds is 8. The number of methoxy groups -OCH3 is 2. The zero-order chi connectivity index (χ0) is 21.4. The third kappa shape index (κ3) is 6.00. The number of nitrogens with zero attached hydrogens (tertiary/aromatic N) is 1. The second-order valence-corrected chi connectivity index (χ2v) is 7.08. The highest BCUT2D eigenvalue weighted by Gasteiger charge is 2.36. The molecule has 1 fully saturated rings. The second-order valence-electron chi connectivity index (χ2n) is 7.08. The first-order chi connectivity index (χ1) is 13.9. The molecule has 1 aromatic carbocycles. The molecule has 0 unspecified atom stereocenters. The maximum Gasteiger partial charge on any atom is 0.329 e. The summed E-state index contributed by atoms with van der Waals surface area (Å²) in [7, 11) is 2.43. The number of ether oxygens (including phenoxy) is 2. The third-order valence-electron chi connectivity index (χ3n) is 5.28.